The fourth-order valence-corrected chi connectivity index (χ4v) is 2.34. The van der Waals surface area contributed by atoms with Crippen LogP contribution in [0.25, 0.3) is 21.9 Å². The summed E-state index contributed by atoms with van der Waals surface area (Å²) >= 11 is 0. The van der Waals surface area contributed by atoms with Crippen LogP contribution >= 0.6 is 0 Å². The van der Waals surface area contributed by atoms with E-state index in [4.69, 9.17) is 13.7 Å². The first-order chi connectivity index (χ1) is 8.69. The molecule has 0 aliphatic carbocycles. The Bertz CT molecular complexity index is 654. The largest absolute Gasteiger partial charge is 0.461 e. The van der Waals surface area contributed by atoms with E-state index in [1.165, 1.54) is 0 Å². The Kier molecular flexibility index (Phi) is 2.61. The van der Waals surface area contributed by atoms with Crippen molar-refractivity contribution >= 4 is 21.9 Å². The van der Waals surface area contributed by atoms with E-state index in [9.17, 15) is 0 Å². The highest BCUT2D eigenvalue weighted by Gasteiger charge is 2.14. The van der Waals surface area contributed by atoms with Gasteiger partial charge in [-0.3, -0.25) is 0 Å². The number of hydrogen-bond acceptors (Lipinski definition) is 4. The molecule has 4 heteroatoms. The molecule has 0 aliphatic heterocycles. The van der Waals surface area contributed by atoms with E-state index >= 15 is 0 Å². The fourth-order valence-electron chi connectivity index (χ4n) is 2.34. The summed E-state index contributed by atoms with van der Waals surface area (Å²) in [4.78, 5) is 4.93. The Morgan fingerprint density at radius 3 is 2.67 bits per heavy atom. The van der Waals surface area contributed by atoms with Gasteiger partial charge < -0.3 is 13.7 Å². The van der Waals surface area contributed by atoms with Crippen molar-refractivity contribution in [3.05, 3.63) is 35.3 Å². The van der Waals surface area contributed by atoms with Gasteiger partial charge in [-0.1, -0.05) is 0 Å². The molecule has 2 heterocycles. The maximum absolute atomic E-state index is 5.78. The zero-order valence-electron chi connectivity index (χ0n) is 10.7. The van der Waals surface area contributed by atoms with Crippen molar-refractivity contribution in [3.63, 3.8) is 0 Å². The smallest absolute Gasteiger partial charge is 0.139 e. The van der Waals surface area contributed by atoms with Gasteiger partial charge in [-0.25, -0.2) is 0 Å². The van der Waals surface area contributed by atoms with E-state index in [2.05, 4.69) is 5.48 Å². The average molecular weight is 245 g/mol. The highest BCUT2D eigenvalue weighted by atomic mass is 16.6. The molecule has 0 amide bonds. The van der Waals surface area contributed by atoms with E-state index in [-0.39, 0.29) is 0 Å². The minimum absolute atomic E-state index is 0.580. The van der Waals surface area contributed by atoms with E-state index in [1.54, 1.807) is 7.11 Å². The summed E-state index contributed by atoms with van der Waals surface area (Å²) in [5, 5.41) is 2.13. The lowest BCUT2D eigenvalue weighted by atomic mass is 10.1. The van der Waals surface area contributed by atoms with E-state index in [0.717, 1.165) is 39.0 Å². The van der Waals surface area contributed by atoms with Crippen molar-refractivity contribution in [1.82, 2.24) is 5.48 Å². The summed E-state index contributed by atoms with van der Waals surface area (Å²) in [5.74, 6) is 1.79. The summed E-state index contributed by atoms with van der Waals surface area (Å²) in [6.07, 6.45) is 0. The molecule has 1 aromatic carbocycles. The number of benzene rings is 1. The van der Waals surface area contributed by atoms with Gasteiger partial charge in [0.2, 0.25) is 0 Å². The van der Waals surface area contributed by atoms with Gasteiger partial charge in [-0.15, -0.1) is 0 Å². The molecule has 0 bridgehead atoms. The second kappa shape index (κ2) is 4.15. The van der Waals surface area contributed by atoms with Crippen LogP contribution in [0.1, 0.15) is 17.1 Å². The molecule has 18 heavy (non-hydrogen) atoms. The molecule has 2 aromatic heterocycles. The van der Waals surface area contributed by atoms with Gasteiger partial charge in [0, 0.05) is 16.3 Å². The fraction of sp³-hybridized carbons (Fsp3) is 0.286. The van der Waals surface area contributed by atoms with Crippen molar-refractivity contribution < 1.29 is 13.7 Å². The van der Waals surface area contributed by atoms with Crippen LogP contribution in [0.2, 0.25) is 0 Å². The molecule has 0 saturated heterocycles. The first-order valence-electron chi connectivity index (χ1n) is 5.87. The van der Waals surface area contributed by atoms with E-state index < -0.39 is 0 Å². The van der Waals surface area contributed by atoms with Crippen LogP contribution in [0.3, 0.4) is 0 Å². The van der Waals surface area contributed by atoms with Crippen molar-refractivity contribution in [1.29, 1.82) is 0 Å². The summed E-state index contributed by atoms with van der Waals surface area (Å²) < 4.78 is 11.5. The third-order valence-corrected chi connectivity index (χ3v) is 3.05. The van der Waals surface area contributed by atoms with E-state index in [1.807, 2.05) is 32.0 Å². The van der Waals surface area contributed by atoms with Crippen LogP contribution < -0.4 is 5.48 Å². The average Bonchev–Trinajstić information content (AvgIpc) is 2.85. The van der Waals surface area contributed by atoms with Crippen LogP contribution in [0, 0.1) is 13.8 Å². The van der Waals surface area contributed by atoms with Gasteiger partial charge in [-0.05, 0) is 32.0 Å². The van der Waals surface area contributed by atoms with Gasteiger partial charge in [0.05, 0.1) is 13.7 Å². The summed E-state index contributed by atoms with van der Waals surface area (Å²) in [5.41, 5.74) is 5.71. The van der Waals surface area contributed by atoms with Gasteiger partial charge in [-0.2, -0.15) is 5.48 Å². The molecule has 0 saturated carbocycles. The normalized spacial score (nSPS) is 11.7. The van der Waals surface area contributed by atoms with Gasteiger partial charge in [0.25, 0.3) is 0 Å². The highest BCUT2D eigenvalue weighted by Crippen LogP contribution is 2.32. The second-order valence-electron chi connectivity index (χ2n) is 4.42. The molecule has 3 rings (SSSR count). The number of fused-ring (bicyclic) bond motifs is 2. The summed E-state index contributed by atoms with van der Waals surface area (Å²) in [7, 11) is 1.60. The van der Waals surface area contributed by atoms with Crippen LogP contribution in [0.5, 0.6) is 0 Å². The number of furan rings is 2. The lowest BCUT2D eigenvalue weighted by Crippen LogP contribution is -2.11. The molecule has 4 nitrogen and oxygen atoms in total. The lowest BCUT2D eigenvalue weighted by molar-refractivity contribution is 0.0871. The maximum Gasteiger partial charge on any atom is 0.139 e. The van der Waals surface area contributed by atoms with Crippen LogP contribution in [-0.4, -0.2) is 7.11 Å². The standard InChI is InChI=1S/C14H15NO3/c1-8-4-10-6-13-11(5-9(2)17-13)12(7-15-16-3)14(10)18-8/h4-6,15H,7H2,1-3H3. The first-order valence-corrected chi connectivity index (χ1v) is 5.87. The van der Waals surface area contributed by atoms with Crippen molar-refractivity contribution in [2.75, 3.05) is 7.11 Å². The molecule has 0 spiro atoms. The lowest BCUT2D eigenvalue weighted by Gasteiger charge is -2.04. The predicted octanol–water partition coefficient (Wildman–Crippen LogP) is 3.45. The molecule has 1 N–H and O–H groups in total. The Hall–Kier alpha value is -1.78. The Morgan fingerprint density at radius 2 is 1.89 bits per heavy atom. The van der Waals surface area contributed by atoms with Gasteiger partial charge in [0.15, 0.2) is 0 Å². The highest BCUT2D eigenvalue weighted by molar-refractivity contribution is 5.98. The SMILES string of the molecule is CONCc1c2cc(C)oc2cc2cc(C)oc12. The minimum atomic E-state index is 0.580. The maximum atomic E-state index is 5.78. The zero-order valence-corrected chi connectivity index (χ0v) is 10.7. The van der Waals surface area contributed by atoms with Crippen LogP contribution in [-0.2, 0) is 11.4 Å². The predicted molar refractivity (Wildman–Crippen MR) is 69.3 cm³/mol. The molecule has 0 atom stereocenters. The number of aryl methyl sites for hydroxylation is 2. The summed E-state index contributed by atoms with van der Waals surface area (Å²) in [6, 6.07) is 6.06. The first kappa shape index (κ1) is 11.3. The molecule has 0 fully saturated rings. The zero-order chi connectivity index (χ0) is 12.7. The topological polar surface area (TPSA) is 47.5 Å². The molecule has 3 aromatic rings. The third-order valence-electron chi connectivity index (χ3n) is 3.05. The molecule has 94 valence electrons. The number of rotatable bonds is 3. The Labute approximate surface area is 104 Å². The molecule has 0 radical (unpaired) electrons. The summed E-state index contributed by atoms with van der Waals surface area (Å²) in [6.45, 7) is 4.47. The second-order valence-corrected chi connectivity index (χ2v) is 4.42. The Morgan fingerprint density at radius 1 is 1.11 bits per heavy atom. The van der Waals surface area contributed by atoms with Crippen molar-refractivity contribution in [2.24, 2.45) is 0 Å². The molecular formula is C14H15NO3. The molecular weight excluding hydrogens is 230 g/mol. The number of hydroxylamine groups is 1. The van der Waals surface area contributed by atoms with Crippen LogP contribution in [0.15, 0.2) is 27.0 Å². The Balaban J connectivity index is 2.32. The van der Waals surface area contributed by atoms with Gasteiger partial charge >= 0.3 is 0 Å². The number of hydrogen-bond donors (Lipinski definition) is 1. The van der Waals surface area contributed by atoms with E-state index in [0.29, 0.717) is 6.54 Å². The number of nitrogens with one attached hydrogen (secondary N) is 1. The third kappa shape index (κ3) is 1.70. The van der Waals surface area contributed by atoms with Gasteiger partial charge in [0.1, 0.15) is 22.7 Å². The minimum Gasteiger partial charge on any atom is -0.461 e. The van der Waals surface area contributed by atoms with Crippen molar-refractivity contribution in [3.8, 4) is 0 Å². The monoisotopic (exact) mass is 245 g/mol. The quantitative estimate of drug-likeness (QED) is 0.718. The molecule has 0 unspecified atom stereocenters. The molecule has 0 aliphatic rings. The van der Waals surface area contributed by atoms with Crippen molar-refractivity contribution in [2.45, 2.75) is 20.4 Å². The van der Waals surface area contributed by atoms with Crippen LogP contribution in [0.4, 0.5) is 0 Å².